The van der Waals surface area contributed by atoms with Crippen LogP contribution in [0.1, 0.15) is 33.6 Å². The van der Waals surface area contributed by atoms with Crippen molar-refractivity contribution in [1.29, 1.82) is 0 Å². The van der Waals surface area contributed by atoms with Gasteiger partial charge >= 0.3 is 0 Å². The molecule has 3 aliphatic carbocycles. The first kappa shape index (κ1) is 8.52. The lowest BCUT2D eigenvalue weighted by Gasteiger charge is -2.64. The maximum Gasteiger partial charge on any atom is 0.0910 e. The zero-order chi connectivity index (χ0) is 9.15. The van der Waals surface area contributed by atoms with Crippen LogP contribution in [0.2, 0.25) is 0 Å². The zero-order valence-corrected chi connectivity index (χ0v) is 8.04. The molecule has 0 radical (unpaired) electrons. The van der Waals surface area contributed by atoms with Crippen molar-refractivity contribution in [3.05, 3.63) is 0 Å². The van der Waals surface area contributed by atoms with Crippen LogP contribution in [0.15, 0.2) is 0 Å². The molecule has 3 saturated carbocycles. The van der Waals surface area contributed by atoms with Crippen LogP contribution in [0.3, 0.4) is 0 Å². The molecule has 2 bridgehead atoms. The van der Waals surface area contributed by atoms with Gasteiger partial charge in [-0.15, -0.1) is 0 Å². The van der Waals surface area contributed by atoms with Crippen LogP contribution in [-0.2, 0) is 0 Å². The summed E-state index contributed by atoms with van der Waals surface area (Å²) in [5.41, 5.74) is -0.610. The van der Waals surface area contributed by atoms with E-state index in [1.54, 1.807) is 6.92 Å². The molecule has 0 aromatic heterocycles. The average molecular weight is 170 g/mol. The second kappa shape index (κ2) is 2.05. The Kier molecular flexibility index (Phi) is 1.45. The van der Waals surface area contributed by atoms with E-state index < -0.39 is 11.7 Å². The molecule has 0 unspecified atom stereocenters. The van der Waals surface area contributed by atoms with Crippen LogP contribution in [0, 0.1) is 17.3 Å². The van der Waals surface area contributed by atoms with Gasteiger partial charge in [0, 0.05) is 0 Å². The number of rotatable bonds is 0. The van der Waals surface area contributed by atoms with E-state index in [-0.39, 0.29) is 5.41 Å². The smallest absolute Gasteiger partial charge is 0.0910 e. The van der Waals surface area contributed by atoms with Crippen LogP contribution in [0.25, 0.3) is 0 Å². The number of aliphatic hydroxyl groups excluding tert-OH is 1. The standard InChI is InChI=1S/C10H18O2/c1-9(2)6-4-7(9)10(3,12)8(11)5-6/h6-8,11-12H,4-5H2,1-3H3/t6-,7-,8+,10-/m0/s1. The van der Waals surface area contributed by atoms with E-state index >= 15 is 0 Å². The molecular weight excluding hydrogens is 152 g/mol. The quantitative estimate of drug-likeness (QED) is 0.573. The molecule has 3 rings (SSSR count). The average Bonchev–Trinajstić information content (AvgIpc) is 1.93. The van der Waals surface area contributed by atoms with E-state index in [1.807, 2.05) is 0 Å². The summed E-state index contributed by atoms with van der Waals surface area (Å²) in [7, 11) is 0. The molecule has 2 nitrogen and oxygen atoms in total. The predicted molar refractivity (Wildman–Crippen MR) is 46.6 cm³/mol. The molecule has 2 N–H and O–H groups in total. The number of fused-ring (bicyclic) bond motifs is 2. The summed E-state index contributed by atoms with van der Waals surface area (Å²) in [4.78, 5) is 0. The summed E-state index contributed by atoms with van der Waals surface area (Å²) < 4.78 is 0. The number of hydrogen-bond donors (Lipinski definition) is 2. The second-order valence-corrected chi connectivity index (χ2v) is 5.28. The molecule has 3 fully saturated rings. The molecule has 0 saturated heterocycles. The van der Waals surface area contributed by atoms with Crippen molar-refractivity contribution >= 4 is 0 Å². The van der Waals surface area contributed by atoms with Gasteiger partial charge in [0.1, 0.15) is 0 Å². The molecule has 4 atom stereocenters. The van der Waals surface area contributed by atoms with Gasteiger partial charge in [-0.2, -0.15) is 0 Å². The summed E-state index contributed by atoms with van der Waals surface area (Å²) in [6, 6.07) is 0. The van der Waals surface area contributed by atoms with Crippen molar-refractivity contribution in [2.75, 3.05) is 0 Å². The summed E-state index contributed by atoms with van der Waals surface area (Å²) in [6.07, 6.45) is 1.36. The molecule has 2 heteroatoms. The minimum atomic E-state index is -0.849. The SMILES string of the molecule is CC1(C)[C@@H]2C[C@@H](O)[C@@](C)(O)[C@H]1C2. The zero-order valence-electron chi connectivity index (χ0n) is 8.04. The fourth-order valence-corrected chi connectivity index (χ4v) is 3.15. The third kappa shape index (κ3) is 0.775. The first-order valence-corrected chi connectivity index (χ1v) is 4.77. The first-order valence-electron chi connectivity index (χ1n) is 4.77. The topological polar surface area (TPSA) is 40.5 Å². The summed E-state index contributed by atoms with van der Waals surface area (Å²) in [6.45, 7) is 6.18. The maximum atomic E-state index is 10.0. The third-order valence-corrected chi connectivity index (χ3v) is 4.36. The molecule has 0 heterocycles. The molecule has 0 amide bonds. The van der Waals surface area contributed by atoms with E-state index in [0.717, 1.165) is 12.8 Å². The van der Waals surface area contributed by atoms with E-state index in [1.165, 1.54) is 0 Å². The molecule has 0 aromatic carbocycles. The molecule has 0 aliphatic heterocycles. The van der Waals surface area contributed by atoms with Gasteiger partial charge < -0.3 is 10.2 Å². The lowest BCUT2D eigenvalue weighted by Crippen LogP contribution is -2.66. The van der Waals surface area contributed by atoms with Crippen molar-refractivity contribution < 1.29 is 10.2 Å². The summed E-state index contributed by atoms with van der Waals surface area (Å²) in [5, 5.41) is 19.7. The van der Waals surface area contributed by atoms with Crippen molar-refractivity contribution in [2.45, 2.75) is 45.3 Å². The fourth-order valence-electron chi connectivity index (χ4n) is 3.15. The summed E-state index contributed by atoms with van der Waals surface area (Å²) >= 11 is 0. The van der Waals surface area contributed by atoms with Crippen molar-refractivity contribution in [1.82, 2.24) is 0 Å². The van der Waals surface area contributed by atoms with Crippen molar-refractivity contribution in [2.24, 2.45) is 17.3 Å². The van der Waals surface area contributed by atoms with Gasteiger partial charge in [-0.25, -0.2) is 0 Å². The predicted octanol–water partition coefficient (Wildman–Crippen LogP) is 1.16. The molecule has 3 aliphatic rings. The van der Waals surface area contributed by atoms with E-state index in [2.05, 4.69) is 13.8 Å². The van der Waals surface area contributed by atoms with E-state index in [0.29, 0.717) is 11.8 Å². The Bertz CT molecular complexity index is 208. The van der Waals surface area contributed by atoms with Crippen molar-refractivity contribution in [3.8, 4) is 0 Å². The first-order chi connectivity index (χ1) is 5.37. The number of hydrogen-bond acceptors (Lipinski definition) is 2. The van der Waals surface area contributed by atoms with Gasteiger partial charge in [0.15, 0.2) is 0 Å². The van der Waals surface area contributed by atoms with Gasteiger partial charge in [-0.1, -0.05) is 13.8 Å². The fraction of sp³-hybridized carbons (Fsp3) is 1.00. The van der Waals surface area contributed by atoms with Gasteiger partial charge in [0.25, 0.3) is 0 Å². The lowest BCUT2D eigenvalue weighted by atomic mass is 9.43. The van der Waals surface area contributed by atoms with E-state index in [4.69, 9.17) is 0 Å². The van der Waals surface area contributed by atoms with Gasteiger partial charge in [-0.3, -0.25) is 0 Å². The highest BCUT2D eigenvalue weighted by atomic mass is 16.3. The normalized spacial score (nSPS) is 56.2. The van der Waals surface area contributed by atoms with Crippen LogP contribution < -0.4 is 0 Å². The third-order valence-electron chi connectivity index (χ3n) is 4.36. The highest BCUT2D eigenvalue weighted by Crippen LogP contribution is 2.62. The summed E-state index contributed by atoms with van der Waals surface area (Å²) in [5.74, 6) is 0.913. The Morgan fingerprint density at radius 1 is 1.17 bits per heavy atom. The van der Waals surface area contributed by atoms with Gasteiger partial charge in [0.2, 0.25) is 0 Å². The van der Waals surface area contributed by atoms with Crippen molar-refractivity contribution in [3.63, 3.8) is 0 Å². The Hall–Kier alpha value is -0.0800. The molecule has 12 heavy (non-hydrogen) atoms. The molecule has 0 aromatic rings. The Morgan fingerprint density at radius 2 is 1.75 bits per heavy atom. The minimum Gasteiger partial charge on any atom is -0.390 e. The van der Waals surface area contributed by atoms with E-state index in [9.17, 15) is 10.2 Å². The highest BCUT2D eigenvalue weighted by Gasteiger charge is 2.62. The van der Waals surface area contributed by atoms with Gasteiger partial charge in [-0.05, 0) is 37.0 Å². The highest BCUT2D eigenvalue weighted by molar-refractivity contribution is 5.12. The second-order valence-electron chi connectivity index (χ2n) is 5.28. The monoisotopic (exact) mass is 170 g/mol. The Labute approximate surface area is 73.6 Å². The van der Waals surface area contributed by atoms with Crippen LogP contribution in [0.5, 0.6) is 0 Å². The Morgan fingerprint density at radius 3 is 2.08 bits per heavy atom. The van der Waals surface area contributed by atoms with Crippen LogP contribution in [0.4, 0.5) is 0 Å². The minimum absolute atomic E-state index is 0.239. The maximum absolute atomic E-state index is 10.0. The number of aliphatic hydroxyl groups is 2. The van der Waals surface area contributed by atoms with Gasteiger partial charge in [0.05, 0.1) is 11.7 Å². The van der Waals surface area contributed by atoms with Crippen LogP contribution >= 0.6 is 0 Å². The lowest BCUT2D eigenvalue weighted by molar-refractivity contribution is -0.245. The molecule has 70 valence electrons. The largest absolute Gasteiger partial charge is 0.390 e. The van der Waals surface area contributed by atoms with Crippen LogP contribution in [-0.4, -0.2) is 21.9 Å². The Balaban J connectivity index is 2.27. The molecule has 0 spiro atoms. The molecular formula is C10H18O2.